The van der Waals surface area contributed by atoms with Gasteiger partial charge in [-0.25, -0.2) is 13.2 Å². The van der Waals surface area contributed by atoms with E-state index in [0.29, 0.717) is 11.3 Å². The van der Waals surface area contributed by atoms with Crippen LogP contribution in [0.1, 0.15) is 34.3 Å². The van der Waals surface area contributed by atoms with Gasteiger partial charge in [-0.1, -0.05) is 11.3 Å². The molecule has 0 spiro atoms. The van der Waals surface area contributed by atoms with Gasteiger partial charge < -0.3 is 10.1 Å². The van der Waals surface area contributed by atoms with E-state index in [1.807, 2.05) is 0 Å². The van der Waals surface area contributed by atoms with Crippen molar-refractivity contribution >= 4 is 33.0 Å². The average Bonchev–Trinajstić information content (AvgIpc) is 2.93. The molecule has 1 aromatic heterocycles. The van der Waals surface area contributed by atoms with Gasteiger partial charge in [0.2, 0.25) is 0 Å². The van der Waals surface area contributed by atoms with Crippen LogP contribution in [0.5, 0.6) is 0 Å². The highest BCUT2D eigenvalue weighted by Gasteiger charge is 2.23. The van der Waals surface area contributed by atoms with Gasteiger partial charge in [0.05, 0.1) is 11.3 Å². The van der Waals surface area contributed by atoms with Gasteiger partial charge in [-0.2, -0.15) is 0 Å². The molecule has 0 amide bonds. The molecule has 0 saturated carbocycles. The highest BCUT2D eigenvalue weighted by Crippen LogP contribution is 2.29. The third-order valence-corrected chi connectivity index (χ3v) is 6.39. The van der Waals surface area contributed by atoms with Crippen LogP contribution in [0, 0.1) is 0 Å². The van der Waals surface area contributed by atoms with Gasteiger partial charge in [0.25, 0.3) is 10.0 Å². The normalized spacial score (nSPS) is 14.3. The van der Waals surface area contributed by atoms with Crippen LogP contribution in [-0.2, 0) is 22.9 Å². The predicted molar refractivity (Wildman–Crippen MR) is 85.8 cm³/mol. The molecule has 1 aromatic carbocycles. The summed E-state index contributed by atoms with van der Waals surface area (Å²) in [7, 11) is -4.00. The van der Waals surface area contributed by atoms with E-state index in [-0.39, 0.29) is 15.5 Å². The van der Waals surface area contributed by atoms with E-state index in [1.165, 1.54) is 6.07 Å². The number of thiazole rings is 1. The number of aromatic carboxylic acids is 1. The summed E-state index contributed by atoms with van der Waals surface area (Å²) in [5, 5.41) is 9.35. The minimum absolute atomic E-state index is 0.0269. The summed E-state index contributed by atoms with van der Waals surface area (Å²) < 4.78 is 26.7. The molecule has 3 rings (SSSR count). The van der Waals surface area contributed by atoms with Crippen molar-refractivity contribution in [2.45, 2.75) is 29.9 Å². The Bertz CT molecular complexity index is 927. The lowest BCUT2D eigenvalue weighted by Gasteiger charge is -2.19. The van der Waals surface area contributed by atoms with E-state index in [0.717, 1.165) is 43.0 Å². The van der Waals surface area contributed by atoms with Crippen molar-refractivity contribution < 1.29 is 18.3 Å². The van der Waals surface area contributed by atoms with Crippen LogP contribution < -0.4 is 9.60 Å². The maximum Gasteiger partial charge on any atom is 0.337 e. The number of rotatable bonds is 4. The lowest BCUT2D eigenvalue weighted by Crippen LogP contribution is -2.16. The van der Waals surface area contributed by atoms with Gasteiger partial charge in [-0.05, 0) is 48.9 Å². The molecule has 1 aliphatic rings. The summed E-state index contributed by atoms with van der Waals surface area (Å²) in [5.41, 5.74) is 1.85. The number of sulfonamides is 1. The van der Waals surface area contributed by atoms with E-state index in [9.17, 15) is 23.1 Å². The van der Waals surface area contributed by atoms with Crippen LogP contribution in [-0.4, -0.2) is 24.5 Å². The number of H-pyrrole nitrogens is 1. The van der Waals surface area contributed by atoms with Gasteiger partial charge >= 0.3 is 10.8 Å². The fourth-order valence-electron chi connectivity index (χ4n) is 2.64. The molecule has 23 heavy (non-hydrogen) atoms. The maximum atomic E-state index is 12.3. The van der Waals surface area contributed by atoms with Crippen molar-refractivity contribution in [3.63, 3.8) is 0 Å². The Morgan fingerprint density at radius 2 is 1.87 bits per heavy atom. The average molecular weight is 354 g/mol. The summed E-state index contributed by atoms with van der Waals surface area (Å²) >= 11 is 0.548. The van der Waals surface area contributed by atoms with Crippen LogP contribution in [0.3, 0.4) is 0 Å². The van der Waals surface area contributed by atoms with Crippen molar-refractivity contribution in [3.8, 4) is 0 Å². The van der Waals surface area contributed by atoms with Crippen molar-refractivity contribution in [1.29, 1.82) is 0 Å². The van der Waals surface area contributed by atoms with Crippen molar-refractivity contribution in [3.05, 3.63) is 44.7 Å². The molecule has 2 aromatic rings. The summed E-state index contributed by atoms with van der Waals surface area (Å²) in [5.74, 6) is -1.20. The zero-order chi connectivity index (χ0) is 16.6. The quantitative estimate of drug-likeness (QED) is 0.774. The Morgan fingerprint density at radius 1 is 1.22 bits per heavy atom. The molecule has 1 heterocycles. The van der Waals surface area contributed by atoms with Crippen LogP contribution in [0.15, 0.2) is 27.3 Å². The third-order valence-electron chi connectivity index (χ3n) is 3.72. The number of nitrogens with one attached hydrogen (secondary N) is 2. The molecular formula is C14H14N2O5S2. The number of carboxylic acid groups (broad SMARTS) is 1. The van der Waals surface area contributed by atoms with Crippen molar-refractivity contribution in [1.82, 2.24) is 4.98 Å². The first-order valence-electron chi connectivity index (χ1n) is 6.97. The summed E-state index contributed by atoms with van der Waals surface area (Å²) in [6.45, 7) is 0. The Kier molecular flexibility index (Phi) is 3.99. The zero-order valence-corrected chi connectivity index (χ0v) is 13.6. The molecule has 0 atom stereocenters. The molecule has 122 valence electrons. The van der Waals surface area contributed by atoms with E-state index in [4.69, 9.17) is 0 Å². The first-order chi connectivity index (χ1) is 10.9. The lowest BCUT2D eigenvalue weighted by atomic mass is 9.89. The lowest BCUT2D eigenvalue weighted by molar-refractivity contribution is 0.0698. The molecule has 0 unspecified atom stereocenters. The molecule has 1 aliphatic carbocycles. The van der Waals surface area contributed by atoms with Crippen molar-refractivity contribution in [2.24, 2.45) is 0 Å². The molecule has 0 saturated heterocycles. The fourth-order valence-corrected chi connectivity index (χ4v) is 4.63. The number of carboxylic acids is 1. The maximum absolute atomic E-state index is 12.3. The molecular weight excluding hydrogens is 340 g/mol. The van der Waals surface area contributed by atoms with Gasteiger partial charge in [-0.3, -0.25) is 9.52 Å². The Labute approximate surface area is 136 Å². The number of carbonyl (C=O) groups is 1. The largest absolute Gasteiger partial charge is 0.478 e. The first kappa shape index (κ1) is 15.8. The number of fused-ring (bicyclic) bond motifs is 1. The molecule has 7 nitrogen and oxygen atoms in total. The van der Waals surface area contributed by atoms with Crippen LogP contribution in [0.25, 0.3) is 0 Å². The third kappa shape index (κ3) is 3.15. The summed E-state index contributed by atoms with van der Waals surface area (Å²) in [6.07, 6.45) is 4.66. The Balaban J connectivity index is 2.05. The van der Waals surface area contributed by atoms with Crippen molar-refractivity contribution in [2.75, 3.05) is 4.72 Å². The van der Waals surface area contributed by atoms with Crippen LogP contribution in [0.2, 0.25) is 0 Å². The van der Waals surface area contributed by atoms with E-state index >= 15 is 0 Å². The Morgan fingerprint density at radius 3 is 2.43 bits per heavy atom. The second-order valence-electron chi connectivity index (χ2n) is 5.28. The van der Waals surface area contributed by atoms with E-state index in [1.54, 1.807) is 6.07 Å². The number of aromatic nitrogens is 1. The second kappa shape index (κ2) is 5.82. The highest BCUT2D eigenvalue weighted by molar-refractivity contribution is 7.94. The van der Waals surface area contributed by atoms with E-state index < -0.39 is 20.9 Å². The smallest absolute Gasteiger partial charge is 0.337 e. The van der Waals surface area contributed by atoms with Crippen LogP contribution in [0.4, 0.5) is 5.69 Å². The second-order valence-corrected chi connectivity index (χ2v) is 8.21. The zero-order valence-electron chi connectivity index (χ0n) is 12.0. The summed E-state index contributed by atoms with van der Waals surface area (Å²) in [4.78, 5) is 24.4. The minimum Gasteiger partial charge on any atom is -0.478 e. The molecule has 0 aliphatic heterocycles. The van der Waals surface area contributed by atoms with Gasteiger partial charge in [0.15, 0.2) is 4.21 Å². The number of anilines is 1. The molecule has 9 heteroatoms. The van der Waals surface area contributed by atoms with Gasteiger partial charge in [-0.15, -0.1) is 0 Å². The monoisotopic (exact) mass is 354 g/mol. The van der Waals surface area contributed by atoms with Gasteiger partial charge in [0, 0.05) is 6.20 Å². The van der Waals surface area contributed by atoms with Crippen LogP contribution >= 0.6 is 11.3 Å². The number of aryl methyl sites for hydroxylation is 2. The predicted octanol–water partition coefficient (Wildman–Crippen LogP) is 1.81. The molecule has 0 fully saturated rings. The minimum atomic E-state index is -4.00. The number of aromatic amines is 1. The molecule has 0 radical (unpaired) electrons. The molecule has 0 bridgehead atoms. The standard InChI is InChI=1S/C14H14N2O5S2/c17-13(18)10-5-8-3-1-2-4-9(8)6-11(10)16-23(20,21)12-7-15-14(19)22-12/h5-7,16H,1-4H2,(H,15,19)(H,17,18). The number of hydrogen-bond donors (Lipinski definition) is 3. The summed E-state index contributed by atoms with van der Waals surface area (Å²) in [6, 6.07) is 3.12. The topological polar surface area (TPSA) is 116 Å². The van der Waals surface area contributed by atoms with E-state index in [2.05, 4.69) is 9.71 Å². The Hall–Kier alpha value is -2.13. The van der Waals surface area contributed by atoms with Gasteiger partial charge in [0.1, 0.15) is 0 Å². The highest BCUT2D eigenvalue weighted by atomic mass is 32.2. The number of benzene rings is 1. The fraction of sp³-hybridized carbons (Fsp3) is 0.286. The SMILES string of the molecule is O=C(O)c1cc2c(cc1NS(=O)(=O)c1c[nH]c(=O)s1)CCCC2. The number of hydrogen-bond acceptors (Lipinski definition) is 5. The molecule has 3 N–H and O–H groups in total. The first-order valence-corrected chi connectivity index (χ1v) is 9.27.